The van der Waals surface area contributed by atoms with E-state index in [-0.39, 0.29) is 11.9 Å². The zero-order chi connectivity index (χ0) is 7.56. The Balaban J connectivity index is 2.27. The SMILES string of the molecule is CCOC(=O)C1CCC1O. The number of aliphatic hydroxyl groups is 1. The van der Waals surface area contributed by atoms with Gasteiger partial charge in [-0.2, -0.15) is 0 Å². The van der Waals surface area contributed by atoms with Crippen LogP contribution in [0.25, 0.3) is 0 Å². The maximum atomic E-state index is 10.9. The predicted molar refractivity (Wildman–Crippen MR) is 35.4 cm³/mol. The van der Waals surface area contributed by atoms with Crippen molar-refractivity contribution in [3.63, 3.8) is 0 Å². The fourth-order valence-corrected chi connectivity index (χ4v) is 1.01. The second-order valence-corrected chi connectivity index (χ2v) is 2.50. The van der Waals surface area contributed by atoms with E-state index in [4.69, 9.17) is 9.84 Å². The molecule has 1 aliphatic rings. The van der Waals surface area contributed by atoms with Crippen LogP contribution in [0.5, 0.6) is 0 Å². The maximum Gasteiger partial charge on any atom is 0.311 e. The molecular weight excluding hydrogens is 132 g/mol. The summed E-state index contributed by atoms with van der Waals surface area (Å²) in [7, 11) is 0. The maximum absolute atomic E-state index is 10.9. The van der Waals surface area contributed by atoms with Crippen LogP contribution in [0.2, 0.25) is 0 Å². The molecule has 0 aromatic heterocycles. The summed E-state index contributed by atoms with van der Waals surface area (Å²) in [5.74, 6) is -0.485. The summed E-state index contributed by atoms with van der Waals surface area (Å²) in [5.41, 5.74) is 0. The standard InChI is InChI=1S/C7H12O3/c1-2-10-7(9)5-3-4-6(5)8/h5-6,8H,2-4H2,1H3. The highest BCUT2D eigenvalue weighted by atomic mass is 16.5. The second kappa shape index (κ2) is 3.01. The van der Waals surface area contributed by atoms with Crippen molar-refractivity contribution in [2.45, 2.75) is 25.9 Å². The van der Waals surface area contributed by atoms with Gasteiger partial charge in [0, 0.05) is 0 Å². The number of esters is 1. The van der Waals surface area contributed by atoms with Gasteiger partial charge in [-0.05, 0) is 19.8 Å². The second-order valence-electron chi connectivity index (χ2n) is 2.50. The molecule has 3 nitrogen and oxygen atoms in total. The van der Waals surface area contributed by atoms with E-state index in [0.717, 1.165) is 12.8 Å². The van der Waals surface area contributed by atoms with Gasteiger partial charge in [-0.25, -0.2) is 0 Å². The summed E-state index contributed by atoms with van der Waals surface area (Å²) in [5, 5.41) is 9.00. The smallest absolute Gasteiger partial charge is 0.311 e. The van der Waals surface area contributed by atoms with Gasteiger partial charge >= 0.3 is 5.97 Å². The third-order valence-corrected chi connectivity index (χ3v) is 1.83. The summed E-state index contributed by atoms with van der Waals surface area (Å²) in [6.07, 6.45) is 1.07. The van der Waals surface area contributed by atoms with Crippen molar-refractivity contribution < 1.29 is 14.6 Å². The molecule has 0 spiro atoms. The third-order valence-electron chi connectivity index (χ3n) is 1.83. The Bertz CT molecular complexity index is 133. The normalized spacial score (nSPS) is 31.0. The topological polar surface area (TPSA) is 46.5 Å². The molecule has 0 saturated heterocycles. The Morgan fingerprint density at radius 1 is 1.70 bits per heavy atom. The van der Waals surface area contributed by atoms with Crippen molar-refractivity contribution in [2.24, 2.45) is 5.92 Å². The van der Waals surface area contributed by atoms with Crippen LogP contribution in [0.15, 0.2) is 0 Å². The molecule has 10 heavy (non-hydrogen) atoms. The van der Waals surface area contributed by atoms with Crippen molar-refractivity contribution in [2.75, 3.05) is 6.61 Å². The molecule has 0 heterocycles. The van der Waals surface area contributed by atoms with Crippen molar-refractivity contribution >= 4 is 5.97 Å². The van der Waals surface area contributed by atoms with Crippen LogP contribution >= 0.6 is 0 Å². The quantitative estimate of drug-likeness (QED) is 0.568. The summed E-state index contributed by atoms with van der Waals surface area (Å²) >= 11 is 0. The lowest BCUT2D eigenvalue weighted by molar-refractivity contribution is -0.157. The molecule has 1 saturated carbocycles. The predicted octanol–water partition coefficient (Wildman–Crippen LogP) is 0.320. The first-order valence-corrected chi connectivity index (χ1v) is 3.60. The molecule has 0 radical (unpaired) electrons. The Morgan fingerprint density at radius 2 is 2.40 bits per heavy atom. The van der Waals surface area contributed by atoms with Crippen LogP contribution in [0.4, 0.5) is 0 Å². The van der Waals surface area contributed by atoms with E-state index in [1.165, 1.54) is 0 Å². The highest BCUT2D eigenvalue weighted by Gasteiger charge is 2.35. The van der Waals surface area contributed by atoms with E-state index in [2.05, 4.69) is 0 Å². The Morgan fingerprint density at radius 3 is 2.70 bits per heavy atom. The molecule has 1 fully saturated rings. The number of carbonyl (C=O) groups excluding carboxylic acids is 1. The number of aliphatic hydroxyl groups excluding tert-OH is 1. The zero-order valence-electron chi connectivity index (χ0n) is 6.04. The number of hydrogen-bond acceptors (Lipinski definition) is 3. The first-order valence-electron chi connectivity index (χ1n) is 3.60. The fraction of sp³-hybridized carbons (Fsp3) is 0.857. The van der Waals surface area contributed by atoms with Gasteiger partial charge in [0.2, 0.25) is 0 Å². The third kappa shape index (κ3) is 1.29. The Kier molecular flexibility index (Phi) is 2.27. The number of hydrogen-bond donors (Lipinski definition) is 1. The highest BCUT2D eigenvalue weighted by Crippen LogP contribution is 2.27. The van der Waals surface area contributed by atoms with Crippen molar-refractivity contribution in [3.05, 3.63) is 0 Å². The molecule has 1 rings (SSSR count). The van der Waals surface area contributed by atoms with Crippen LogP contribution in [0.3, 0.4) is 0 Å². The van der Waals surface area contributed by atoms with Crippen molar-refractivity contribution in [1.29, 1.82) is 0 Å². The molecule has 0 aromatic rings. The first kappa shape index (κ1) is 7.54. The lowest BCUT2D eigenvalue weighted by Crippen LogP contribution is -2.38. The molecular formula is C7H12O3. The number of ether oxygens (including phenoxy) is 1. The minimum atomic E-state index is -0.445. The van der Waals surface area contributed by atoms with Gasteiger partial charge < -0.3 is 9.84 Å². The van der Waals surface area contributed by atoms with E-state index in [9.17, 15) is 4.79 Å². The van der Waals surface area contributed by atoms with E-state index >= 15 is 0 Å². The van der Waals surface area contributed by atoms with Crippen LogP contribution in [0, 0.1) is 5.92 Å². The van der Waals surface area contributed by atoms with Crippen LogP contribution in [-0.4, -0.2) is 23.8 Å². The molecule has 0 bridgehead atoms. The van der Waals surface area contributed by atoms with Gasteiger partial charge in [0.05, 0.1) is 18.6 Å². The Hall–Kier alpha value is -0.570. The molecule has 58 valence electrons. The molecule has 1 N–H and O–H groups in total. The number of rotatable bonds is 2. The summed E-state index contributed by atoms with van der Waals surface area (Å²) < 4.78 is 4.72. The summed E-state index contributed by atoms with van der Waals surface area (Å²) in [6, 6.07) is 0. The largest absolute Gasteiger partial charge is 0.466 e. The van der Waals surface area contributed by atoms with Gasteiger partial charge in [0.15, 0.2) is 0 Å². The molecule has 0 amide bonds. The highest BCUT2D eigenvalue weighted by molar-refractivity contribution is 5.74. The van der Waals surface area contributed by atoms with E-state index in [1.54, 1.807) is 6.92 Å². The van der Waals surface area contributed by atoms with Gasteiger partial charge in [-0.15, -0.1) is 0 Å². The monoisotopic (exact) mass is 144 g/mol. The summed E-state index contributed by atoms with van der Waals surface area (Å²) in [4.78, 5) is 10.9. The Labute approximate surface area is 60.0 Å². The van der Waals surface area contributed by atoms with E-state index in [1.807, 2.05) is 0 Å². The first-order chi connectivity index (χ1) is 4.75. The van der Waals surface area contributed by atoms with Crippen LogP contribution < -0.4 is 0 Å². The van der Waals surface area contributed by atoms with Gasteiger partial charge in [-0.1, -0.05) is 0 Å². The molecule has 2 atom stereocenters. The minimum Gasteiger partial charge on any atom is -0.466 e. The average Bonchev–Trinajstić information content (AvgIpc) is 1.85. The van der Waals surface area contributed by atoms with E-state index in [0.29, 0.717) is 6.61 Å². The van der Waals surface area contributed by atoms with Gasteiger partial charge in [0.25, 0.3) is 0 Å². The van der Waals surface area contributed by atoms with E-state index < -0.39 is 6.10 Å². The van der Waals surface area contributed by atoms with Crippen molar-refractivity contribution in [3.8, 4) is 0 Å². The van der Waals surface area contributed by atoms with Crippen molar-refractivity contribution in [1.82, 2.24) is 0 Å². The molecule has 3 heteroatoms. The number of carbonyl (C=O) groups is 1. The minimum absolute atomic E-state index is 0.236. The van der Waals surface area contributed by atoms with Gasteiger partial charge in [-0.3, -0.25) is 4.79 Å². The molecule has 1 aliphatic carbocycles. The lowest BCUT2D eigenvalue weighted by Gasteiger charge is -2.29. The average molecular weight is 144 g/mol. The molecule has 0 aliphatic heterocycles. The molecule has 0 aromatic carbocycles. The van der Waals surface area contributed by atoms with Crippen LogP contribution in [-0.2, 0) is 9.53 Å². The molecule has 2 unspecified atom stereocenters. The van der Waals surface area contributed by atoms with Gasteiger partial charge in [0.1, 0.15) is 0 Å². The van der Waals surface area contributed by atoms with Crippen LogP contribution in [0.1, 0.15) is 19.8 Å². The fourth-order valence-electron chi connectivity index (χ4n) is 1.01. The summed E-state index contributed by atoms with van der Waals surface area (Å²) in [6.45, 7) is 2.17. The zero-order valence-corrected chi connectivity index (χ0v) is 6.04. The lowest BCUT2D eigenvalue weighted by atomic mass is 9.82.